The summed E-state index contributed by atoms with van der Waals surface area (Å²) in [4.78, 5) is 32.6. The molecule has 9 nitrogen and oxygen atoms in total. The first kappa shape index (κ1) is 21.1. The van der Waals surface area contributed by atoms with Crippen LogP contribution in [0.3, 0.4) is 0 Å². The van der Waals surface area contributed by atoms with Gasteiger partial charge >= 0.3 is 0 Å². The van der Waals surface area contributed by atoms with Gasteiger partial charge in [0.25, 0.3) is 11.5 Å². The van der Waals surface area contributed by atoms with Crippen LogP contribution in [0.5, 0.6) is 5.75 Å². The van der Waals surface area contributed by atoms with Gasteiger partial charge in [0, 0.05) is 22.9 Å². The van der Waals surface area contributed by atoms with E-state index >= 15 is 0 Å². The first-order chi connectivity index (χ1) is 15.5. The van der Waals surface area contributed by atoms with Gasteiger partial charge in [-0.05, 0) is 56.7 Å². The summed E-state index contributed by atoms with van der Waals surface area (Å²) in [6.45, 7) is 6.10. The Kier molecular flexibility index (Phi) is 5.89. The Labute approximate surface area is 184 Å². The average Bonchev–Trinajstić information content (AvgIpc) is 3.44. The third-order valence-corrected chi connectivity index (χ3v) is 4.92. The van der Waals surface area contributed by atoms with Crippen LogP contribution >= 0.6 is 0 Å². The summed E-state index contributed by atoms with van der Waals surface area (Å²) in [5, 5.41) is 7.35. The van der Waals surface area contributed by atoms with E-state index in [1.165, 1.54) is 10.9 Å². The number of furan rings is 1. The Morgan fingerprint density at radius 1 is 1.22 bits per heavy atom. The van der Waals surface area contributed by atoms with E-state index in [0.29, 0.717) is 52.9 Å². The van der Waals surface area contributed by atoms with Crippen LogP contribution in [0, 0.1) is 6.92 Å². The number of benzene rings is 1. The van der Waals surface area contributed by atoms with E-state index in [2.05, 4.69) is 20.4 Å². The van der Waals surface area contributed by atoms with Crippen molar-refractivity contribution in [2.24, 2.45) is 0 Å². The number of hydrogen-bond acceptors (Lipinski definition) is 6. The number of rotatable bonds is 7. The summed E-state index contributed by atoms with van der Waals surface area (Å²) in [5.41, 5.74) is 1.89. The van der Waals surface area contributed by atoms with E-state index in [1.54, 1.807) is 49.4 Å². The van der Waals surface area contributed by atoms with Gasteiger partial charge in [-0.1, -0.05) is 6.92 Å². The highest BCUT2D eigenvalue weighted by Crippen LogP contribution is 2.25. The van der Waals surface area contributed by atoms with E-state index in [4.69, 9.17) is 9.15 Å². The highest BCUT2D eigenvalue weighted by molar-refractivity contribution is 6.04. The Balaban J connectivity index is 1.72. The summed E-state index contributed by atoms with van der Waals surface area (Å²) < 4.78 is 12.2. The minimum absolute atomic E-state index is 0.199. The van der Waals surface area contributed by atoms with Crippen LogP contribution in [0.15, 0.2) is 57.9 Å². The number of H-pyrrole nitrogens is 1. The van der Waals surface area contributed by atoms with Crippen molar-refractivity contribution in [1.82, 2.24) is 19.7 Å². The number of aromatic nitrogens is 4. The van der Waals surface area contributed by atoms with Gasteiger partial charge in [0.05, 0.1) is 12.9 Å². The van der Waals surface area contributed by atoms with E-state index in [-0.39, 0.29) is 17.4 Å². The lowest BCUT2D eigenvalue weighted by atomic mass is 10.2. The molecule has 9 heteroatoms. The van der Waals surface area contributed by atoms with Crippen LogP contribution in [0.2, 0.25) is 0 Å². The molecular weight excluding hydrogens is 410 g/mol. The molecule has 0 atom stereocenters. The van der Waals surface area contributed by atoms with Crippen molar-refractivity contribution in [3.05, 3.63) is 75.9 Å². The van der Waals surface area contributed by atoms with E-state index in [9.17, 15) is 9.59 Å². The monoisotopic (exact) mass is 433 g/mol. The van der Waals surface area contributed by atoms with Crippen molar-refractivity contribution in [2.45, 2.75) is 27.2 Å². The Morgan fingerprint density at radius 2 is 2.00 bits per heavy atom. The summed E-state index contributed by atoms with van der Waals surface area (Å²) in [7, 11) is 0. The third kappa shape index (κ3) is 4.18. The fourth-order valence-electron chi connectivity index (χ4n) is 3.35. The minimum atomic E-state index is -0.343. The zero-order valence-electron chi connectivity index (χ0n) is 18.0. The van der Waals surface area contributed by atoms with Crippen molar-refractivity contribution in [3.63, 3.8) is 0 Å². The molecule has 0 aliphatic rings. The first-order valence-electron chi connectivity index (χ1n) is 10.3. The molecule has 0 saturated heterocycles. The molecule has 4 rings (SSSR count). The molecule has 0 saturated carbocycles. The Bertz CT molecular complexity index is 1290. The molecule has 4 aromatic rings. The molecule has 2 N–H and O–H groups in total. The summed E-state index contributed by atoms with van der Waals surface area (Å²) in [5.74, 6) is 1.39. The van der Waals surface area contributed by atoms with Gasteiger partial charge < -0.3 is 14.5 Å². The van der Waals surface area contributed by atoms with Gasteiger partial charge in [0.1, 0.15) is 17.3 Å². The molecule has 0 aliphatic carbocycles. The van der Waals surface area contributed by atoms with E-state index in [0.717, 1.165) is 0 Å². The Hall–Kier alpha value is -4.14. The maximum Gasteiger partial charge on any atom is 0.256 e. The van der Waals surface area contributed by atoms with Crippen molar-refractivity contribution in [1.29, 1.82) is 0 Å². The van der Waals surface area contributed by atoms with Crippen molar-refractivity contribution < 1.29 is 13.9 Å². The third-order valence-electron chi connectivity index (χ3n) is 4.92. The van der Waals surface area contributed by atoms with Gasteiger partial charge in [-0.2, -0.15) is 9.78 Å². The molecule has 0 aliphatic heterocycles. The number of carbonyl (C=O) groups excluding carboxylic acids is 1. The topological polar surface area (TPSA) is 115 Å². The van der Waals surface area contributed by atoms with Crippen molar-refractivity contribution >= 4 is 11.7 Å². The lowest BCUT2D eigenvalue weighted by Crippen LogP contribution is -2.22. The summed E-state index contributed by atoms with van der Waals surface area (Å²) in [6, 6.07) is 12.0. The average molecular weight is 433 g/mol. The highest BCUT2D eigenvalue weighted by Gasteiger charge is 2.18. The smallest absolute Gasteiger partial charge is 0.256 e. The zero-order chi connectivity index (χ0) is 22.7. The predicted octanol–water partition coefficient (Wildman–Crippen LogP) is 3.74. The molecule has 164 valence electrons. The maximum atomic E-state index is 12.9. The molecule has 0 bridgehead atoms. The first-order valence-corrected chi connectivity index (χ1v) is 10.3. The largest absolute Gasteiger partial charge is 0.494 e. The van der Waals surface area contributed by atoms with Gasteiger partial charge in [-0.3, -0.25) is 14.6 Å². The molecule has 32 heavy (non-hydrogen) atoms. The van der Waals surface area contributed by atoms with Gasteiger partial charge in [0.2, 0.25) is 5.95 Å². The summed E-state index contributed by atoms with van der Waals surface area (Å²) >= 11 is 0. The number of nitrogens with zero attached hydrogens (tertiary/aromatic N) is 3. The minimum Gasteiger partial charge on any atom is -0.494 e. The number of ether oxygens (including phenoxy) is 1. The van der Waals surface area contributed by atoms with Crippen LogP contribution < -0.4 is 15.6 Å². The lowest BCUT2D eigenvalue weighted by Gasteiger charge is -2.10. The molecule has 0 fully saturated rings. The van der Waals surface area contributed by atoms with E-state index in [1.807, 2.05) is 13.8 Å². The predicted molar refractivity (Wildman–Crippen MR) is 119 cm³/mol. The quantitative estimate of drug-likeness (QED) is 0.459. The second-order valence-electron chi connectivity index (χ2n) is 7.02. The fraction of sp³-hybridized carbons (Fsp3) is 0.217. The van der Waals surface area contributed by atoms with Crippen LogP contribution in [0.25, 0.3) is 17.4 Å². The standard InChI is InChI=1S/C23H23N5O4/c1-4-17-14(3)24-23(26-22(17)30)28-20(13-18(27-28)19-7-6-12-32-19)25-21(29)15-8-10-16(11-9-15)31-5-2/h6-13H,4-5H2,1-3H3,(H,25,29)(H,24,26,30). The number of carbonyl (C=O) groups is 1. The highest BCUT2D eigenvalue weighted by atomic mass is 16.5. The maximum absolute atomic E-state index is 12.9. The molecule has 0 spiro atoms. The van der Waals surface area contributed by atoms with Crippen LogP contribution in [-0.2, 0) is 6.42 Å². The SMILES string of the molecule is CCOc1ccc(C(=O)Nc2cc(-c3ccco3)nn2-c2nc(C)c(CC)c(=O)[nH]2)cc1. The van der Waals surface area contributed by atoms with Gasteiger partial charge in [-0.15, -0.1) is 0 Å². The molecule has 3 heterocycles. The van der Waals surface area contributed by atoms with Crippen molar-refractivity contribution in [3.8, 4) is 23.2 Å². The van der Waals surface area contributed by atoms with Gasteiger partial charge in [-0.25, -0.2) is 4.98 Å². The number of aryl methyl sites for hydroxylation is 1. The summed E-state index contributed by atoms with van der Waals surface area (Å²) in [6.07, 6.45) is 2.10. The molecule has 0 unspecified atom stereocenters. The Morgan fingerprint density at radius 3 is 2.62 bits per heavy atom. The second kappa shape index (κ2) is 8.93. The molecule has 3 aromatic heterocycles. The molecule has 1 aromatic carbocycles. The van der Waals surface area contributed by atoms with E-state index < -0.39 is 0 Å². The zero-order valence-corrected chi connectivity index (χ0v) is 18.0. The number of amides is 1. The van der Waals surface area contributed by atoms with Crippen LogP contribution in [0.4, 0.5) is 5.82 Å². The number of anilines is 1. The number of hydrogen-bond donors (Lipinski definition) is 2. The normalized spacial score (nSPS) is 10.8. The van der Waals surface area contributed by atoms with Crippen molar-refractivity contribution in [2.75, 3.05) is 11.9 Å². The lowest BCUT2D eigenvalue weighted by molar-refractivity contribution is 0.102. The molecule has 0 radical (unpaired) electrons. The molecule has 1 amide bonds. The number of nitrogens with one attached hydrogen (secondary N) is 2. The van der Waals surface area contributed by atoms with Gasteiger partial charge in [0.15, 0.2) is 5.76 Å². The number of aromatic amines is 1. The second-order valence-corrected chi connectivity index (χ2v) is 7.02. The van der Waals surface area contributed by atoms with Crippen LogP contribution in [-0.4, -0.2) is 32.3 Å². The molecular formula is C23H23N5O4. The van der Waals surface area contributed by atoms with Crippen LogP contribution in [0.1, 0.15) is 35.5 Å². The fourth-order valence-corrected chi connectivity index (χ4v) is 3.35.